The number of rotatable bonds is 13. The zero-order valence-corrected chi connectivity index (χ0v) is 26.0. The summed E-state index contributed by atoms with van der Waals surface area (Å²) in [4.78, 5) is 11.8. The molecule has 0 aliphatic rings. The summed E-state index contributed by atoms with van der Waals surface area (Å²) < 4.78 is 30.4. The van der Waals surface area contributed by atoms with Crippen LogP contribution in [0.1, 0.15) is 36.9 Å². The molecule has 0 spiro atoms. The van der Waals surface area contributed by atoms with Crippen molar-refractivity contribution in [3.8, 4) is 5.75 Å². The normalized spacial score (nSPS) is 14.5. The van der Waals surface area contributed by atoms with E-state index in [2.05, 4.69) is 59.7 Å². The van der Waals surface area contributed by atoms with E-state index < -0.39 is 31.2 Å². The predicted octanol–water partition coefficient (Wildman–Crippen LogP) is 6.19. The molecule has 1 aromatic carbocycles. The van der Waals surface area contributed by atoms with Crippen LogP contribution in [0.5, 0.6) is 5.75 Å². The van der Waals surface area contributed by atoms with Crippen LogP contribution < -0.4 is 4.74 Å². The maximum Gasteiger partial charge on any atom is 0.375 e. The Morgan fingerprint density at radius 3 is 1.79 bits per heavy atom. The third kappa shape index (κ3) is 8.26. The van der Waals surface area contributed by atoms with Crippen LogP contribution >= 0.6 is 0 Å². The lowest BCUT2D eigenvalue weighted by molar-refractivity contribution is -0.136. The summed E-state index contributed by atoms with van der Waals surface area (Å²) in [7, 11) is -2.38. The Balaban J connectivity index is 3.96. The Kier molecular flexibility index (Phi) is 10.6. The van der Waals surface area contributed by atoms with Crippen LogP contribution in [-0.4, -0.2) is 57.6 Å². The van der Waals surface area contributed by atoms with Gasteiger partial charge in [0.1, 0.15) is 5.75 Å². The Hall–Kier alpha value is -1.60. The molecule has 0 aliphatic heterocycles. The molecule has 0 fully saturated rings. The van der Waals surface area contributed by atoms with Gasteiger partial charge in [0.15, 0.2) is 22.4 Å². The number of carboxylic acid groups (broad SMARTS) is 1. The summed E-state index contributed by atoms with van der Waals surface area (Å²) in [6.07, 6.45) is 0.847. The van der Waals surface area contributed by atoms with Gasteiger partial charge in [0.25, 0.3) is 0 Å². The Morgan fingerprint density at radius 1 is 0.912 bits per heavy atom. The van der Waals surface area contributed by atoms with Crippen molar-refractivity contribution in [2.24, 2.45) is 5.92 Å². The first-order valence-corrected chi connectivity index (χ1v) is 20.8. The van der Waals surface area contributed by atoms with Crippen LogP contribution in [0.2, 0.25) is 45.8 Å². The van der Waals surface area contributed by atoms with Crippen LogP contribution in [-0.2, 0) is 22.5 Å². The molecule has 1 N–H and O–H groups in total. The standard InChI is InChI=1S/C24H44O7Si3/c1-17(2)16-20(34(12,30-32(6,7)8)31-33(9,10)11)18-14-13-15-19(21(18)27-3)22(28-4)23(29-5)24(25)26/h13-15,17,20H,16H2,1-12H3,(H,25,26). The fourth-order valence-electron chi connectivity index (χ4n) is 4.31. The topological polar surface area (TPSA) is 83.5 Å². The van der Waals surface area contributed by atoms with Crippen LogP contribution in [0.15, 0.2) is 24.0 Å². The minimum absolute atomic E-state index is 0.0326. The molecule has 194 valence electrons. The molecule has 7 nitrogen and oxygen atoms in total. The molecular formula is C24H44O7Si3. The van der Waals surface area contributed by atoms with Crippen LogP contribution in [0.3, 0.4) is 0 Å². The molecule has 0 aromatic heterocycles. The SMILES string of the molecule is COC(C(=O)O)=C(OC)c1cccc(C(CC(C)C)[Si](C)(O[Si](C)(C)C)O[Si](C)(C)C)c1OC. The average Bonchev–Trinajstić information content (AvgIpc) is 2.66. The lowest BCUT2D eigenvalue weighted by Gasteiger charge is -2.44. The van der Waals surface area contributed by atoms with Crippen molar-refractivity contribution in [2.75, 3.05) is 21.3 Å². The van der Waals surface area contributed by atoms with Gasteiger partial charge in [-0.15, -0.1) is 0 Å². The molecule has 0 saturated heterocycles. The molecule has 0 bridgehead atoms. The molecule has 34 heavy (non-hydrogen) atoms. The number of aliphatic carboxylic acids is 1. The molecule has 0 amide bonds. The van der Waals surface area contributed by atoms with Crippen molar-refractivity contribution in [1.29, 1.82) is 0 Å². The molecule has 1 aromatic rings. The molecule has 1 unspecified atom stereocenters. The van der Waals surface area contributed by atoms with Crippen LogP contribution in [0, 0.1) is 5.92 Å². The number of para-hydroxylation sites is 1. The predicted molar refractivity (Wildman–Crippen MR) is 144 cm³/mol. The average molecular weight is 529 g/mol. The van der Waals surface area contributed by atoms with Gasteiger partial charge in [-0.3, -0.25) is 0 Å². The lowest BCUT2D eigenvalue weighted by Crippen LogP contribution is -2.56. The van der Waals surface area contributed by atoms with Crippen molar-refractivity contribution < 1.29 is 32.3 Å². The van der Waals surface area contributed by atoms with Gasteiger partial charge in [0, 0.05) is 5.54 Å². The third-order valence-electron chi connectivity index (χ3n) is 5.04. The number of benzene rings is 1. The third-order valence-corrected chi connectivity index (χ3v) is 15.0. The van der Waals surface area contributed by atoms with Gasteiger partial charge < -0.3 is 27.5 Å². The smallest absolute Gasteiger partial charge is 0.375 e. The van der Waals surface area contributed by atoms with E-state index in [-0.39, 0.29) is 17.1 Å². The number of hydrogen-bond acceptors (Lipinski definition) is 6. The van der Waals surface area contributed by atoms with Crippen molar-refractivity contribution in [2.45, 2.75) is 71.6 Å². The monoisotopic (exact) mass is 528 g/mol. The summed E-state index contributed by atoms with van der Waals surface area (Å²) in [6, 6.07) is 5.71. The van der Waals surface area contributed by atoms with E-state index in [0.717, 1.165) is 12.0 Å². The Morgan fingerprint density at radius 2 is 1.44 bits per heavy atom. The van der Waals surface area contributed by atoms with E-state index in [1.165, 1.54) is 14.2 Å². The van der Waals surface area contributed by atoms with E-state index in [9.17, 15) is 9.90 Å². The summed E-state index contributed by atoms with van der Waals surface area (Å²) in [5.74, 6) is -0.453. The molecular weight excluding hydrogens is 485 g/mol. The highest BCUT2D eigenvalue weighted by molar-refractivity contribution is 6.88. The van der Waals surface area contributed by atoms with E-state index in [4.69, 9.17) is 22.4 Å². The van der Waals surface area contributed by atoms with Gasteiger partial charge in [-0.05, 0) is 69.8 Å². The van der Waals surface area contributed by atoms with Crippen molar-refractivity contribution >= 4 is 36.9 Å². The maximum absolute atomic E-state index is 11.8. The highest BCUT2D eigenvalue weighted by atomic mass is 28.5. The minimum Gasteiger partial charge on any atom is -0.496 e. The largest absolute Gasteiger partial charge is 0.496 e. The van der Waals surface area contributed by atoms with Crippen molar-refractivity contribution in [3.05, 3.63) is 35.1 Å². The van der Waals surface area contributed by atoms with Gasteiger partial charge in [-0.25, -0.2) is 4.79 Å². The number of ether oxygens (including phenoxy) is 3. The van der Waals surface area contributed by atoms with Gasteiger partial charge in [-0.1, -0.05) is 26.0 Å². The first-order valence-electron chi connectivity index (χ1n) is 11.6. The van der Waals surface area contributed by atoms with E-state index in [1.807, 2.05) is 12.1 Å². The van der Waals surface area contributed by atoms with Gasteiger partial charge in [0.05, 0.1) is 26.9 Å². The quantitative estimate of drug-likeness (QED) is 0.186. The highest BCUT2D eigenvalue weighted by Crippen LogP contribution is 2.44. The van der Waals surface area contributed by atoms with Gasteiger partial charge in [0.2, 0.25) is 5.76 Å². The molecule has 1 rings (SSSR count). The second-order valence-corrected chi connectivity index (χ2v) is 23.7. The van der Waals surface area contributed by atoms with Gasteiger partial charge in [-0.2, -0.15) is 0 Å². The van der Waals surface area contributed by atoms with E-state index in [1.54, 1.807) is 13.2 Å². The number of hydrogen-bond donors (Lipinski definition) is 1. The fourth-order valence-corrected chi connectivity index (χ4v) is 17.4. The van der Waals surface area contributed by atoms with E-state index >= 15 is 0 Å². The summed E-state index contributed by atoms with van der Waals surface area (Å²) in [6.45, 7) is 19.7. The molecule has 0 saturated carbocycles. The molecule has 10 heteroatoms. The number of carbonyl (C=O) groups is 1. The summed E-state index contributed by atoms with van der Waals surface area (Å²) in [5, 5.41) is 9.65. The number of methoxy groups -OCH3 is 3. The lowest BCUT2D eigenvalue weighted by atomic mass is 9.98. The zero-order chi connectivity index (χ0) is 26.5. The Labute approximate surface area is 208 Å². The summed E-state index contributed by atoms with van der Waals surface area (Å²) in [5.41, 5.74) is 1.43. The highest BCUT2D eigenvalue weighted by Gasteiger charge is 2.48. The minimum atomic E-state index is -2.79. The van der Waals surface area contributed by atoms with Gasteiger partial charge >= 0.3 is 14.5 Å². The van der Waals surface area contributed by atoms with Crippen molar-refractivity contribution in [3.63, 3.8) is 0 Å². The molecule has 0 heterocycles. The van der Waals surface area contributed by atoms with Crippen LogP contribution in [0.25, 0.3) is 5.76 Å². The number of carboxylic acids is 1. The zero-order valence-electron chi connectivity index (χ0n) is 23.0. The second kappa shape index (κ2) is 11.9. The fraction of sp³-hybridized carbons (Fsp3) is 0.625. The van der Waals surface area contributed by atoms with E-state index in [0.29, 0.717) is 17.2 Å². The first-order chi connectivity index (χ1) is 15.5. The maximum atomic E-state index is 11.8. The summed E-state index contributed by atoms with van der Waals surface area (Å²) >= 11 is 0. The first kappa shape index (κ1) is 30.4. The van der Waals surface area contributed by atoms with Crippen LogP contribution in [0.4, 0.5) is 0 Å². The van der Waals surface area contributed by atoms with Crippen molar-refractivity contribution in [1.82, 2.24) is 0 Å². The second-order valence-electron chi connectivity index (χ2n) is 10.9. The molecule has 0 radical (unpaired) electrons. The molecule has 1 atom stereocenters. The Bertz CT molecular complexity index is 854. The molecule has 0 aliphatic carbocycles.